The second kappa shape index (κ2) is 6.00. The van der Waals surface area contributed by atoms with Gasteiger partial charge in [-0.1, -0.05) is 43.4 Å². The lowest BCUT2D eigenvalue weighted by Gasteiger charge is -2.18. The van der Waals surface area contributed by atoms with Crippen molar-refractivity contribution < 1.29 is 9.53 Å². The van der Waals surface area contributed by atoms with E-state index >= 15 is 0 Å². The number of hydrogen-bond donors (Lipinski definition) is 0. The topological polar surface area (TPSA) is 26.3 Å². The van der Waals surface area contributed by atoms with Crippen LogP contribution in [0.4, 0.5) is 0 Å². The first-order valence-corrected chi connectivity index (χ1v) is 9.94. The molecule has 0 amide bonds. The highest BCUT2D eigenvalue weighted by molar-refractivity contribution is 6.77. The molecule has 0 radical (unpaired) electrons. The fourth-order valence-corrected chi connectivity index (χ4v) is 3.20. The average Bonchev–Trinajstić information content (AvgIpc) is 2.25. The summed E-state index contributed by atoms with van der Waals surface area (Å²) in [6.07, 6.45) is 0. The van der Waals surface area contributed by atoms with Gasteiger partial charge in [-0.3, -0.25) is 0 Å². The molecule has 0 fully saturated rings. The molecule has 0 spiro atoms. The van der Waals surface area contributed by atoms with Gasteiger partial charge in [-0.25, -0.2) is 4.79 Å². The summed E-state index contributed by atoms with van der Waals surface area (Å²) < 4.78 is 5.41. The molecule has 0 N–H and O–H groups in total. The molecule has 1 rings (SSSR count). The number of esters is 1. The number of ether oxygens (including phenoxy) is 1. The average molecular weight is 262 g/mol. The zero-order valence-corrected chi connectivity index (χ0v) is 12.9. The van der Waals surface area contributed by atoms with Gasteiger partial charge in [0.25, 0.3) is 0 Å². The summed E-state index contributed by atoms with van der Waals surface area (Å²) in [7, 11) is -1.32. The van der Waals surface area contributed by atoms with Crippen LogP contribution in [0.5, 0.6) is 5.75 Å². The fraction of sp³-hybridized carbons (Fsp3) is 0.400. The Bertz CT molecular complexity index is 437. The van der Waals surface area contributed by atoms with Gasteiger partial charge in [0.05, 0.1) is 0 Å². The first kappa shape index (κ1) is 14.7. The Balaban J connectivity index is 2.83. The predicted molar refractivity (Wildman–Crippen MR) is 78.6 cm³/mol. The van der Waals surface area contributed by atoms with Crippen LogP contribution in [-0.4, -0.2) is 14.0 Å². The van der Waals surface area contributed by atoms with Gasteiger partial charge in [0.1, 0.15) is 5.75 Å². The van der Waals surface area contributed by atoms with Crippen molar-refractivity contribution in [2.45, 2.75) is 39.5 Å². The Labute approximate surface area is 111 Å². The summed E-state index contributed by atoms with van der Waals surface area (Å²) in [5, 5.41) is 0. The monoisotopic (exact) mass is 262 g/mol. The van der Waals surface area contributed by atoms with Crippen LogP contribution >= 0.6 is 0 Å². The maximum absolute atomic E-state index is 12.2. The minimum absolute atomic E-state index is 0.205. The molecule has 3 heteroatoms. The van der Waals surface area contributed by atoms with Crippen LogP contribution in [0.3, 0.4) is 0 Å². The van der Waals surface area contributed by atoms with Crippen molar-refractivity contribution in [2.24, 2.45) is 0 Å². The van der Waals surface area contributed by atoms with E-state index in [1.165, 1.54) is 0 Å². The van der Waals surface area contributed by atoms with Crippen LogP contribution < -0.4 is 4.74 Å². The Morgan fingerprint density at radius 2 is 1.67 bits per heavy atom. The van der Waals surface area contributed by atoms with Gasteiger partial charge >= 0.3 is 5.97 Å². The molecule has 0 saturated heterocycles. The Morgan fingerprint density at radius 1 is 1.11 bits per heavy atom. The number of rotatable bonds is 4. The number of carbonyl (C=O) groups is 1. The van der Waals surface area contributed by atoms with Crippen molar-refractivity contribution >= 4 is 14.0 Å². The number of para-hydroxylation sites is 1. The Kier molecular flexibility index (Phi) is 4.90. The molecule has 0 saturated carbocycles. The summed E-state index contributed by atoms with van der Waals surface area (Å²) >= 11 is 0. The highest BCUT2D eigenvalue weighted by Gasteiger charge is 2.22. The molecule has 0 aliphatic rings. The SMILES string of the molecule is CC(C)=C(C[Si](C)(C)C)C(=O)Oc1ccccc1. The second-order valence-electron chi connectivity index (χ2n) is 5.92. The van der Waals surface area contributed by atoms with Crippen molar-refractivity contribution in [1.82, 2.24) is 0 Å². The predicted octanol–water partition coefficient (Wildman–Crippen LogP) is 4.27. The van der Waals surface area contributed by atoms with E-state index in [-0.39, 0.29) is 5.97 Å². The molecule has 0 atom stereocenters. The molecule has 0 bridgehead atoms. The van der Waals surface area contributed by atoms with Crippen molar-refractivity contribution in [1.29, 1.82) is 0 Å². The third-order valence-corrected chi connectivity index (χ3v) is 3.93. The van der Waals surface area contributed by atoms with Gasteiger partial charge in [0.2, 0.25) is 0 Å². The first-order chi connectivity index (χ1) is 8.29. The van der Waals surface area contributed by atoms with Crippen LogP contribution in [0, 0.1) is 0 Å². The molecule has 18 heavy (non-hydrogen) atoms. The normalized spacial score (nSPS) is 10.9. The van der Waals surface area contributed by atoms with Crippen molar-refractivity contribution in [3.05, 3.63) is 41.5 Å². The van der Waals surface area contributed by atoms with Crippen molar-refractivity contribution in [2.75, 3.05) is 0 Å². The highest BCUT2D eigenvalue weighted by Crippen LogP contribution is 2.22. The van der Waals surface area contributed by atoms with Gasteiger partial charge in [-0.2, -0.15) is 0 Å². The summed E-state index contributed by atoms with van der Waals surface area (Å²) in [5.74, 6) is 0.403. The standard InChI is InChI=1S/C15H22O2Si/c1-12(2)14(11-18(3,4)5)15(16)17-13-9-7-6-8-10-13/h6-10H,11H2,1-5H3. The summed E-state index contributed by atoms with van der Waals surface area (Å²) in [5.41, 5.74) is 1.89. The molecule has 0 unspecified atom stereocenters. The van der Waals surface area contributed by atoms with Crippen molar-refractivity contribution in [3.8, 4) is 5.75 Å². The molecular formula is C15H22O2Si. The number of hydrogen-bond acceptors (Lipinski definition) is 2. The van der Waals surface area contributed by atoms with E-state index < -0.39 is 8.07 Å². The van der Waals surface area contributed by atoms with E-state index in [1.807, 2.05) is 32.0 Å². The summed E-state index contributed by atoms with van der Waals surface area (Å²) in [6, 6.07) is 10.1. The second-order valence-corrected chi connectivity index (χ2v) is 11.4. The lowest BCUT2D eigenvalue weighted by atomic mass is 10.2. The summed E-state index contributed by atoms with van der Waals surface area (Å²) in [4.78, 5) is 12.2. The maximum Gasteiger partial charge on any atom is 0.339 e. The van der Waals surface area contributed by atoms with Crippen LogP contribution in [0.15, 0.2) is 41.5 Å². The number of benzene rings is 1. The van der Waals surface area contributed by atoms with Crippen LogP contribution in [0.25, 0.3) is 0 Å². The third-order valence-electron chi connectivity index (χ3n) is 2.51. The maximum atomic E-state index is 12.2. The van der Waals surface area contributed by atoms with E-state index in [4.69, 9.17) is 4.74 Å². The molecule has 0 heterocycles. The van der Waals surface area contributed by atoms with Crippen LogP contribution in [-0.2, 0) is 4.79 Å². The lowest BCUT2D eigenvalue weighted by Crippen LogP contribution is -2.25. The molecule has 2 nitrogen and oxygen atoms in total. The van der Waals surface area contributed by atoms with Gasteiger partial charge in [-0.05, 0) is 32.0 Å². The largest absolute Gasteiger partial charge is 0.423 e. The number of carbonyl (C=O) groups excluding carboxylic acids is 1. The van der Waals surface area contributed by atoms with E-state index in [1.54, 1.807) is 12.1 Å². The van der Waals surface area contributed by atoms with E-state index in [9.17, 15) is 4.79 Å². The minimum atomic E-state index is -1.32. The van der Waals surface area contributed by atoms with Gasteiger partial charge in [-0.15, -0.1) is 0 Å². The summed E-state index contributed by atoms with van der Waals surface area (Å²) in [6.45, 7) is 10.7. The zero-order valence-electron chi connectivity index (χ0n) is 11.9. The quantitative estimate of drug-likeness (QED) is 0.350. The smallest absolute Gasteiger partial charge is 0.339 e. The van der Waals surface area contributed by atoms with Crippen LogP contribution in [0.2, 0.25) is 25.7 Å². The molecule has 0 aliphatic carbocycles. The molecule has 1 aromatic rings. The molecule has 98 valence electrons. The highest BCUT2D eigenvalue weighted by atomic mass is 28.3. The van der Waals surface area contributed by atoms with Gasteiger partial charge in [0, 0.05) is 13.6 Å². The molecular weight excluding hydrogens is 240 g/mol. The minimum Gasteiger partial charge on any atom is -0.423 e. The van der Waals surface area contributed by atoms with Crippen LogP contribution in [0.1, 0.15) is 13.8 Å². The molecule has 0 aliphatic heterocycles. The van der Waals surface area contributed by atoms with E-state index in [2.05, 4.69) is 19.6 Å². The third kappa shape index (κ3) is 4.88. The van der Waals surface area contributed by atoms with Gasteiger partial charge < -0.3 is 4.74 Å². The van der Waals surface area contributed by atoms with E-state index in [0.717, 1.165) is 17.2 Å². The first-order valence-electron chi connectivity index (χ1n) is 6.23. The Hall–Kier alpha value is -1.35. The fourth-order valence-electron chi connectivity index (χ4n) is 1.64. The lowest BCUT2D eigenvalue weighted by molar-refractivity contribution is -0.130. The zero-order chi connectivity index (χ0) is 13.8. The molecule has 1 aromatic carbocycles. The van der Waals surface area contributed by atoms with Crippen molar-refractivity contribution in [3.63, 3.8) is 0 Å². The number of allylic oxidation sites excluding steroid dienone is 1. The van der Waals surface area contributed by atoms with E-state index in [0.29, 0.717) is 5.75 Å². The van der Waals surface area contributed by atoms with Gasteiger partial charge in [0.15, 0.2) is 0 Å². The Morgan fingerprint density at radius 3 is 2.11 bits per heavy atom. The molecule has 0 aromatic heterocycles.